The maximum absolute atomic E-state index is 13.2. The molecule has 9 nitrogen and oxygen atoms in total. The number of rotatable bonds is 9. The average molecular weight is 485 g/mol. The molecule has 0 atom stereocenters. The predicted octanol–water partition coefficient (Wildman–Crippen LogP) is 4.26. The molecule has 0 saturated carbocycles. The minimum atomic E-state index is -0.892. The topological polar surface area (TPSA) is 110 Å². The Morgan fingerprint density at radius 2 is 1.64 bits per heavy atom. The lowest BCUT2D eigenvalue weighted by Crippen LogP contribution is -2.26. The molecule has 0 aliphatic heterocycles. The van der Waals surface area contributed by atoms with Crippen molar-refractivity contribution in [3.8, 4) is 5.75 Å². The molecule has 1 amide bonds. The Hall–Kier alpha value is -4.76. The van der Waals surface area contributed by atoms with E-state index in [2.05, 4.69) is 5.16 Å². The summed E-state index contributed by atoms with van der Waals surface area (Å²) in [4.78, 5) is 44.3. The molecule has 0 bridgehead atoms. The molecule has 3 aromatic carbocycles. The van der Waals surface area contributed by atoms with Gasteiger partial charge < -0.3 is 14.4 Å². The summed E-state index contributed by atoms with van der Waals surface area (Å²) in [5, 5.41) is 13.1. The van der Waals surface area contributed by atoms with E-state index in [1.807, 2.05) is 12.1 Å². The SMILES string of the molecule is Cn1cc(C(=O)/C(C=O)=N\OC(=O)N(c2ccccc2)c2ccccc2)c2cc(OCCO)ccc21. The molecule has 0 saturated heterocycles. The van der Waals surface area contributed by atoms with Gasteiger partial charge in [-0.25, -0.2) is 9.69 Å². The van der Waals surface area contributed by atoms with Gasteiger partial charge in [0, 0.05) is 24.1 Å². The number of aliphatic hydroxyl groups is 1. The Balaban J connectivity index is 1.63. The molecule has 182 valence electrons. The molecule has 4 aromatic rings. The van der Waals surface area contributed by atoms with E-state index < -0.39 is 17.6 Å². The van der Waals surface area contributed by atoms with E-state index in [9.17, 15) is 14.4 Å². The number of fused-ring (bicyclic) bond motifs is 1. The van der Waals surface area contributed by atoms with Crippen LogP contribution < -0.4 is 9.64 Å². The summed E-state index contributed by atoms with van der Waals surface area (Å²) in [5.41, 5.74) is 1.38. The summed E-state index contributed by atoms with van der Waals surface area (Å²) in [5.74, 6) is -0.261. The van der Waals surface area contributed by atoms with E-state index in [1.54, 1.807) is 84.5 Å². The average Bonchev–Trinajstić information content (AvgIpc) is 3.24. The number of carbonyl (C=O) groups excluding carboxylic acids is 3. The van der Waals surface area contributed by atoms with Crippen LogP contribution in [0, 0.1) is 0 Å². The van der Waals surface area contributed by atoms with Crippen LogP contribution in [-0.4, -0.2) is 46.8 Å². The highest BCUT2D eigenvalue weighted by atomic mass is 16.7. The maximum atomic E-state index is 13.2. The number of amides is 1. The smallest absolute Gasteiger partial charge is 0.445 e. The monoisotopic (exact) mass is 485 g/mol. The van der Waals surface area contributed by atoms with Crippen LogP contribution in [0.4, 0.5) is 16.2 Å². The second kappa shape index (κ2) is 11.1. The summed E-state index contributed by atoms with van der Waals surface area (Å²) in [6.45, 7) is -0.0626. The number of oxime groups is 1. The maximum Gasteiger partial charge on any atom is 0.445 e. The second-order valence-electron chi connectivity index (χ2n) is 7.69. The summed E-state index contributed by atoms with van der Waals surface area (Å²) >= 11 is 0. The highest BCUT2D eigenvalue weighted by Gasteiger charge is 2.23. The number of hydrogen-bond donors (Lipinski definition) is 1. The first-order chi connectivity index (χ1) is 17.5. The number of Topliss-reactive ketones (excluding diaryl/α,β-unsaturated/α-hetero) is 1. The molecule has 1 N–H and O–H groups in total. The second-order valence-corrected chi connectivity index (χ2v) is 7.69. The van der Waals surface area contributed by atoms with Gasteiger partial charge in [-0.2, -0.15) is 0 Å². The number of aliphatic hydroxyl groups excluding tert-OH is 1. The summed E-state index contributed by atoms with van der Waals surface area (Å²) in [6.07, 6.45) is 0.914. The lowest BCUT2D eigenvalue weighted by atomic mass is 10.1. The molecule has 36 heavy (non-hydrogen) atoms. The fourth-order valence-electron chi connectivity index (χ4n) is 3.70. The van der Waals surface area contributed by atoms with Gasteiger partial charge >= 0.3 is 6.09 Å². The first kappa shape index (κ1) is 24.4. The van der Waals surface area contributed by atoms with E-state index in [1.165, 1.54) is 4.90 Å². The van der Waals surface area contributed by atoms with Crippen molar-refractivity contribution in [3.05, 3.63) is 90.6 Å². The van der Waals surface area contributed by atoms with Crippen LogP contribution in [0.25, 0.3) is 10.9 Å². The summed E-state index contributed by atoms with van der Waals surface area (Å²) < 4.78 is 7.16. The zero-order chi connectivity index (χ0) is 25.5. The van der Waals surface area contributed by atoms with E-state index in [4.69, 9.17) is 14.7 Å². The van der Waals surface area contributed by atoms with Gasteiger partial charge in [0.1, 0.15) is 12.4 Å². The van der Waals surface area contributed by atoms with E-state index in [0.29, 0.717) is 22.5 Å². The molecule has 1 aromatic heterocycles. The van der Waals surface area contributed by atoms with Crippen molar-refractivity contribution in [1.29, 1.82) is 0 Å². The third-order valence-corrected chi connectivity index (χ3v) is 5.34. The molecule has 1 heterocycles. The van der Waals surface area contributed by atoms with Crippen LogP contribution in [-0.2, 0) is 16.7 Å². The highest BCUT2D eigenvalue weighted by molar-refractivity contribution is 6.64. The standard InChI is InChI=1S/C27H23N3O6/c1-29-17-23(22-16-21(35-15-14-31)12-13-25(22)29)26(33)24(18-32)28-36-27(34)30(19-8-4-2-5-9-19)20-10-6-3-7-11-20/h2-13,16-18,31H,14-15H2,1H3/b28-24-. The lowest BCUT2D eigenvalue weighted by Gasteiger charge is -2.20. The largest absolute Gasteiger partial charge is 0.491 e. The minimum Gasteiger partial charge on any atom is -0.491 e. The zero-order valence-corrected chi connectivity index (χ0v) is 19.4. The van der Waals surface area contributed by atoms with Gasteiger partial charge in [-0.3, -0.25) is 14.4 Å². The van der Waals surface area contributed by atoms with Crippen molar-refractivity contribution in [2.45, 2.75) is 0 Å². The van der Waals surface area contributed by atoms with Gasteiger partial charge in [0.15, 0.2) is 12.0 Å². The molecule has 0 aliphatic rings. The van der Waals surface area contributed by atoms with Crippen LogP contribution in [0.5, 0.6) is 5.75 Å². The summed E-state index contributed by atoms with van der Waals surface area (Å²) in [6, 6.07) is 22.7. The molecular weight excluding hydrogens is 462 g/mol. The van der Waals surface area contributed by atoms with E-state index in [-0.39, 0.29) is 25.1 Å². The Bertz CT molecular complexity index is 1370. The summed E-state index contributed by atoms with van der Waals surface area (Å²) in [7, 11) is 1.75. The van der Waals surface area contributed by atoms with Gasteiger partial charge in [-0.1, -0.05) is 41.6 Å². The van der Waals surface area contributed by atoms with Crippen LogP contribution in [0.15, 0.2) is 90.2 Å². The molecule has 4 rings (SSSR count). The number of para-hydroxylation sites is 2. The Morgan fingerprint density at radius 3 is 2.22 bits per heavy atom. The van der Waals surface area contributed by atoms with Crippen molar-refractivity contribution < 1.29 is 29.1 Å². The number of benzene rings is 3. The van der Waals surface area contributed by atoms with Crippen LogP contribution in [0.3, 0.4) is 0 Å². The lowest BCUT2D eigenvalue weighted by molar-refractivity contribution is -0.102. The van der Waals surface area contributed by atoms with Crippen molar-refractivity contribution in [2.75, 3.05) is 18.1 Å². The van der Waals surface area contributed by atoms with Crippen molar-refractivity contribution in [3.63, 3.8) is 0 Å². The Kier molecular flexibility index (Phi) is 7.52. The normalized spacial score (nSPS) is 11.2. The number of aldehydes is 1. The number of carbonyl (C=O) groups is 3. The minimum absolute atomic E-state index is 0.0952. The predicted molar refractivity (Wildman–Crippen MR) is 135 cm³/mol. The number of nitrogens with zero attached hydrogens (tertiary/aromatic N) is 3. The molecule has 0 spiro atoms. The fraction of sp³-hybridized carbons (Fsp3) is 0.111. The third-order valence-electron chi connectivity index (χ3n) is 5.34. The number of ketones is 1. The number of hydrogen-bond acceptors (Lipinski definition) is 7. The fourth-order valence-corrected chi connectivity index (χ4v) is 3.70. The number of ether oxygens (including phenoxy) is 1. The third kappa shape index (κ3) is 5.16. The first-order valence-electron chi connectivity index (χ1n) is 11.0. The Morgan fingerprint density at radius 1 is 1.00 bits per heavy atom. The first-order valence-corrected chi connectivity index (χ1v) is 11.0. The molecule has 0 unspecified atom stereocenters. The van der Waals surface area contributed by atoms with Crippen molar-refractivity contribution >= 4 is 46.2 Å². The van der Waals surface area contributed by atoms with Crippen LogP contribution in [0.1, 0.15) is 10.4 Å². The van der Waals surface area contributed by atoms with Gasteiger partial charge in [-0.05, 0) is 42.5 Å². The zero-order valence-electron chi connectivity index (χ0n) is 19.4. The van der Waals surface area contributed by atoms with Gasteiger partial charge in [0.05, 0.1) is 23.5 Å². The van der Waals surface area contributed by atoms with Gasteiger partial charge in [0.25, 0.3) is 0 Å². The molecule has 0 fully saturated rings. The number of aromatic nitrogens is 1. The van der Waals surface area contributed by atoms with Crippen molar-refractivity contribution in [2.24, 2.45) is 12.2 Å². The molecular formula is C27H23N3O6. The van der Waals surface area contributed by atoms with Crippen LogP contribution >= 0.6 is 0 Å². The van der Waals surface area contributed by atoms with E-state index in [0.717, 1.165) is 5.52 Å². The van der Waals surface area contributed by atoms with Gasteiger partial charge in [0.2, 0.25) is 5.78 Å². The van der Waals surface area contributed by atoms with Gasteiger partial charge in [-0.15, -0.1) is 0 Å². The quantitative estimate of drug-likeness (QED) is 0.0947. The molecule has 9 heteroatoms. The number of anilines is 2. The highest BCUT2D eigenvalue weighted by Crippen LogP contribution is 2.27. The van der Waals surface area contributed by atoms with E-state index >= 15 is 0 Å². The molecule has 0 aliphatic carbocycles. The molecule has 0 radical (unpaired) electrons. The van der Waals surface area contributed by atoms with Crippen LogP contribution in [0.2, 0.25) is 0 Å². The Labute approximate surface area is 206 Å². The van der Waals surface area contributed by atoms with Crippen molar-refractivity contribution in [1.82, 2.24) is 4.57 Å². The number of aryl methyl sites for hydroxylation is 1.